The largest absolute Gasteiger partial charge is 0.360 e. The maximum Gasteiger partial charge on any atom is 0.221 e. The van der Waals surface area contributed by atoms with Crippen LogP contribution in [0, 0.1) is 0 Å². The molecule has 0 saturated heterocycles. The highest BCUT2D eigenvalue weighted by molar-refractivity contribution is 9.10. The van der Waals surface area contributed by atoms with Crippen LogP contribution < -0.4 is 5.32 Å². The van der Waals surface area contributed by atoms with E-state index in [2.05, 4.69) is 38.4 Å². The molecule has 0 aliphatic heterocycles. The molecule has 1 aromatic heterocycles. The summed E-state index contributed by atoms with van der Waals surface area (Å²) < 4.78 is 1.05. The van der Waals surface area contributed by atoms with E-state index in [1.807, 2.05) is 36.5 Å². The van der Waals surface area contributed by atoms with Gasteiger partial charge in [-0.05, 0) is 33.6 Å². The summed E-state index contributed by atoms with van der Waals surface area (Å²) in [6.45, 7) is 1.51. The Labute approximate surface area is 125 Å². The van der Waals surface area contributed by atoms with Crippen LogP contribution in [0.4, 0.5) is 5.69 Å². The van der Waals surface area contributed by atoms with Crippen molar-refractivity contribution in [3.63, 3.8) is 0 Å². The average Bonchev–Trinajstić information content (AvgIpc) is 2.80. The van der Waals surface area contributed by atoms with Crippen LogP contribution in [0.3, 0.4) is 0 Å². The Morgan fingerprint density at radius 2 is 2.00 bits per heavy atom. The highest BCUT2D eigenvalue weighted by Gasteiger charge is 2.08. The van der Waals surface area contributed by atoms with Gasteiger partial charge in [0.15, 0.2) is 0 Å². The second kappa shape index (κ2) is 5.13. The molecule has 1 amide bonds. The van der Waals surface area contributed by atoms with Crippen molar-refractivity contribution >= 4 is 38.4 Å². The zero-order chi connectivity index (χ0) is 14.1. The van der Waals surface area contributed by atoms with Crippen molar-refractivity contribution in [2.45, 2.75) is 6.92 Å². The average molecular weight is 329 g/mol. The van der Waals surface area contributed by atoms with Gasteiger partial charge in [-0.25, -0.2) is 0 Å². The number of anilines is 1. The first-order valence-electron chi connectivity index (χ1n) is 6.29. The van der Waals surface area contributed by atoms with Crippen molar-refractivity contribution < 1.29 is 4.79 Å². The van der Waals surface area contributed by atoms with E-state index >= 15 is 0 Å². The van der Waals surface area contributed by atoms with Gasteiger partial charge in [0.25, 0.3) is 0 Å². The minimum absolute atomic E-state index is 0.0667. The molecule has 1 heterocycles. The number of rotatable bonds is 2. The van der Waals surface area contributed by atoms with Crippen molar-refractivity contribution in [1.82, 2.24) is 4.98 Å². The van der Waals surface area contributed by atoms with Gasteiger partial charge in [-0.15, -0.1) is 0 Å². The Balaban J connectivity index is 2.13. The molecule has 0 bridgehead atoms. The Hall–Kier alpha value is -2.07. The molecule has 0 spiro atoms. The number of hydrogen-bond acceptors (Lipinski definition) is 1. The van der Waals surface area contributed by atoms with Crippen molar-refractivity contribution in [1.29, 1.82) is 0 Å². The molecule has 2 aromatic carbocycles. The summed E-state index contributed by atoms with van der Waals surface area (Å²) in [5.41, 5.74) is 4.06. The number of carbonyl (C=O) groups excluding carboxylic acids is 1. The molecule has 3 nitrogen and oxygen atoms in total. The van der Waals surface area contributed by atoms with E-state index in [0.29, 0.717) is 0 Å². The first-order chi connectivity index (χ1) is 9.65. The fourth-order valence-electron chi connectivity index (χ4n) is 2.33. The topological polar surface area (TPSA) is 44.9 Å². The van der Waals surface area contributed by atoms with Gasteiger partial charge in [0.2, 0.25) is 5.91 Å². The second-order valence-corrected chi connectivity index (χ2v) is 5.48. The molecular formula is C16H13BrN2O. The van der Waals surface area contributed by atoms with Crippen LogP contribution in [-0.4, -0.2) is 10.9 Å². The van der Waals surface area contributed by atoms with Crippen molar-refractivity contribution in [3.05, 3.63) is 53.1 Å². The lowest BCUT2D eigenvalue weighted by atomic mass is 10.0. The van der Waals surface area contributed by atoms with Gasteiger partial charge in [-0.3, -0.25) is 4.79 Å². The highest BCUT2D eigenvalue weighted by atomic mass is 79.9. The second-order valence-electron chi connectivity index (χ2n) is 4.63. The minimum Gasteiger partial charge on any atom is -0.360 e. The van der Waals surface area contributed by atoms with E-state index in [1.54, 1.807) is 0 Å². The number of amides is 1. The van der Waals surface area contributed by atoms with E-state index in [9.17, 15) is 4.79 Å². The zero-order valence-corrected chi connectivity index (χ0v) is 12.5. The van der Waals surface area contributed by atoms with Crippen molar-refractivity contribution in [2.75, 3.05) is 5.32 Å². The van der Waals surface area contributed by atoms with Crippen molar-refractivity contribution in [3.8, 4) is 11.1 Å². The summed E-state index contributed by atoms with van der Waals surface area (Å²) in [7, 11) is 0. The van der Waals surface area contributed by atoms with Gasteiger partial charge in [0, 0.05) is 34.2 Å². The Morgan fingerprint density at radius 3 is 2.80 bits per heavy atom. The zero-order valence-electron chi connectivity index (χ0n) is 10.9. The van der Waals surface area contributed by atoms with Gasteiger partial charge in [-0.1, -0.05) is 30.3 Å². The molecule has 0 radical (unpaired) electrons. The summed E-state index contributed by atoms with van der Waals surface area (Å²) in [4.78, 5) is 14.4. The number of H-pyrrole nitrogens is 1. The molecule has 0 atom stereocenters. The van der Waals surface area contributed by atoms with Gasteiger partial charge in [0.1, 0.15) is 0 Å². The third kappa shape index (κ3) is 2.34. The lowest BCUT2D eigenvalue weighted by Gasteiger charge is -2.07. The summed E-state index contributed by atoms with van der Waals surface area (Å²) in [5, 5.41) is 3.96. The quantitative estimate of drug-likeness (QED) is 0.711. The monoisotopic (exact) mass is 328 g/mol. The molecule has 0 unspecified atom stereocenters. The number of hydrogen-bond donors (Lipinski definition) is 2. The summed E-state index contributed by atoms with van der Waals surface area (Å²) in [6.07, 6.45) is 1.94. The van der Waals surface area contributed by atoms with E-state index in [4.69, 9.17) is 0 Å². The van der Waals surface area contributed by atoms with Crippen LogP contribution in [0.5, 0.6) is 0 Å². The SMILES string of the molecule is CC(=O)Nc1cccc(-c2cccc3c(Br)c[nH]c23)c1. The van der Waals surface area contributed by atoms with Gasteiger partial charge in [0.05, 0.1) is 5.52 Å². The van der Waals surface area contributed by atoms with E-state index in [0.717, 1.165) is 32.2 Å². The molecule has 4 heteroatoms. The van der Waals surface area contributed by atoms with Gasteiger partial charge >= 0.3 is 0 Å². The summed E-state index contributed by atoms with van der Waals surface area (Å²) in [5.74, 6) is -0.0667. The number of fused-ring (bicyclic) bond motifs is 1. The number of benzene rings is 2. The van der Waals surface area contributed by atoms with Crippen LogP contribution in [0.15, 0.2) is 53.1 Å². The highest BCUT2D eigenvalue weighted by Crippen LogP contribution is 2.32. The predicted molar refractivity (Wildman–Crippen MR) is 85.7 cm³/mol. The molecule has 100 valence electrons. The molecule has 0 aliphatic carbocycles. The molecule has 0 fully saturated rings. The third-order valence-electron chi connectivity index (χ3n) is 3.16. The minimum atomic E-state index is -0.0667. The molecule has 0 aliphatic rings. The van der Waals surface area contributed by atoms with E-state index in [1.165, 1.54) is 6.92 Å². The number of carbonyl (C=O) groups is 1. The molecule has 2 N–H and O–H groups in total. The fourth-order valence-corrected chi connectivity index (χ4v) is 2.77. The maximum atomic E-state index is 11.2. The van der Waals surface area contributed by atoms with Crippen LogP contribution in [0.2, 0.25) is 0 Å². The standard InChI is InChI=1S/C16H13BrN2O/c1-10(20)19-12-5-2-4-11(8-12)13-6-3-7-14-15(17)9-18-16(13)14/h2-9,18H,1H3,(H,19,20). The number of para-hydroxylation sites is 1. The summed E-state index contributed by atoms with van der Waals surface area (Å²) >= 11 is 3.53. The summed E-state index contributed by atoms with van der Waals surface area (Å²) in [6, 6.07) is 14.0. The third-order valence-corrected chi connectivity index (χ3v) is 3.82. The number of aromatic nitrogens is 1. The molecule has 20 heavy (non-hydrogen) atoms. The lowest BCUT2D eigenvalue weighted by Crippen LogP contribution is -2.05. The predicted octanol–water partition coefficient (Wildman–Crippen LogP) is 4.56. The van der Waals surface area contributed by atoms with E-state index < -0.39 is 0 Å². The number of aromatic amines is 1. The molecule has 0 saturated carbocycles. The normalized spacial score (nSPS) is 10.7. The van der Waals surface area contributed by atoms with Crippen LogP contribution in [0.1, 0.15) is 6.92 Å². The fraction of sp³-hybridized carbons (Fsp3) is 0.0625. The smallest absolute Gasteiger partial charge is 0.221 e. The van der Waals surface area contributed by atoms with Crippen LogP contribution in [-0.2, 0) is 4.79 Å². The van der Waals surface area contributed by atoms with Crippen molar-refractivity contribution in [2.24, 2.45) is 0 Å². The van der Waals surface area contributed by atoms with Crippen LogP contribution >= 0.6 is 15.9 Å². The molecule has 3 aromatic rings. The van der Waals surface area contributed by atoms with Crippen LogP contribution in [0.25, 0.3) is 22.0 Å². The number of nitrogens with one attached hydrogen (secondary N) is 2. The van der Waals surface area contributed by atoms with Gasteiger partial charge < -0.3 is 10.3 Å². The Bertz CT molecular complexity index is 792. The number of halogens is 1. The molecular weight excluding hydrogens is 316 g/mol. The first-order valence-corrected chi connectivity index (χ1v) is 7.08. The Morgan fingerprint density at radius 1 is 1.20 bits per heavy atom. The maximum absolute atomic E-state index is 11.2. The van der Waals surface area contributed by atoms with Gasteiger partial charge in [-0.2, -0.15) is 0 Å². The first kappa shape index (κ1) is 12.9. The molecule has 3 rings (SSSR count). The lowest BCUT2D eigenvalue weighted by molar-refractivity contribution is -0.114. The van der Waals surface area contributed by atoms with E-state index in [-0.39, 0.29) is 5.91 Å². The Kier molecular flexibility index (Phi) is 3.32.